The molecule has 0 saturated heterocycles. The molecule has 18 heavy (non-hydrogen) atoms. The fourth-order valence-electron chi connectivity index (χ4n) is 1.45. The van der Waals surface area contributed by atoms with E-state index in [2.05, 4.69) is 0 Å². The van der Waals surface area contributed by atoms with Gasteiger partial charge in [-0.2, -0.15) is 0 Å². The molecular formula is C13H19NO4. The highest BCUT2D eigenvalue weighted by Crippen LogP contribution is 2.28. The number of benzene rings is 1. The highest BCUT2D eigenvalue weighted by molar-refractivity contribution is 5.71. The zero-order valence-corrected chi connectivity index (χ0v) is 10.8. The first-order valence-electron chi connectivity index (χ1n) is 5.68. The van der Waals surface area contributed by atoms with Crippen LogP contribution < -0.4 is 5.73 Å². The van der Waals surface area contributed by atoms with Crippen LogP contribution in [0.4, 0.5) is 0 Å². The summed E-state index contributed by atoms with van der Waals surface area (Å²) < 4.78 is 5.15. The van der Waals surface area contributed by atoms with Gasteiger partial charge in [0.15, 0.2) is 11.5 Å². The van der Waals surface area contributed by atoms with Crippen LogP contribution in [0.15, 0.2) is 18.2 Å². The summed E-state index contributed by atoms with van der Waals surface area (Å²) in [5.74, 6) is -0.877. The monoisotopic (exact) mass is 253 g/mol. The van der Waals surface area contributed by atoms with Gasteiger partial charge >= 0.3 is 5.97 Å². The van der Waals surface area contributed by atoms with E-state index in [1.807, 2.05) is 0 Å². The first-order valence-corrected chi connectivity index (χ1v) is 5.68. The topological polar surface area (TPSA) is 92.8 Å². The van der Waals surface area contributed by atoms with E-state index in [9.17, 15) is 15.0 Å². The van der Waals surface area contributed by atoms with E-state index < -0.39 is 17.6 Å². The number of ether oxygens (including phenoxy) is 1. The van der Waals surface area contributed by atoms with Crippen LogP contribution in [-0.2, 0) is 9.53 Å². The van der Waals surface area contributed by atoms with E-state index >= 15 is 0 Å². The molecule has 1 rings (SSSR count). The number of hydrogen-bond donors (Lipinski definition) is 3. The fourth-order valence-corrected chi connectivity index (χ4v) is 1.45. The van der Waals surface area contributed by atoms with Crippen molar-refractivity contribution in [1.82, 2.24) is 0 Å². The second-order valence-electron chi connectivity index (χ2n) is 5.15. The molecule has 4 N–H and O–H groups in total. The van der Waals surface area contributed by atoms with Gasteiger partial charge in [-0.3, -0.25) is 4.79 Å². The SMILES string of the molecule is CC(C)(C)OC(=O)C[C@@H](N)c1ccc(O)c(O)c1. The lowest BCUT2D eigenvalue weighted by molar-refractivity contribution is -0.155. The molecule has 0 aromatic heterocycles. The Labute approximate surface area is 106 Å². The molecule has 5 nitrogen and oxygen atoms in total. The van der Waals surface area contributed by atoms with Crippen molar-refractivity contribution in [3.63, 3.8) is 0 Å². The Hall–Kier alpha value is -1.75. The highest BCUT2D eigenvalue weighted by atomic mass is 16.6. The maximum Gasteiger partial charge on any atom is 0.308 e. The summed E-state index contributed by atoms with van der Waals surface area (Å²) >= 11 is 0. The summed E-state index contributed by atoms with van der Waals surface area (Å²) in [5.41, 5.74) is 5.86. The Kier molecular flexibility index (Phi) is 4.19. The van der Waals surface area contributed by atoms with Crippen molar-refractivity contribution in [2.45, 2.75) is 38.8 Å². The number of carbonyl (C=O) groups excluding carboxylic acids is 1. The van der Waals surface area contributed by atoms with Crippen molar-refractivity contribution in [2.75, 3.05) is 0 Å². The van der Waals surface area contributed by atoms with Gasteiger partial charge in [0.2, 0.25) is 0 Å². The summed E-state index contributed by atoms with van der Waals surface area (Å²) in [5, 5.41) is 18.5. The van der Waals surface area contributed by atoms with Crippen molar-refractivity contribution >= 4 is 5.97 Å². The zero-order chi connectivity index (χ0) is 13.9. The van der Waals surface area contributed by atoms with Crippen LogP contribution in [0, 0.1) is 0 Å². The van der Waals surface area contributed by atoms with Crippen LogP contribution in [0.3, 0.4) is 0 Å². The molecule has 1 aromatic rings. The van der Waals surface area contributed by atoms with E-state index in [4.69, 9.17) is 10.5 Å². The molecule has 0 unspecified atom stereocenters. The number of aromatic hydroxyl groups is 2. The normalized spacial score (nSPS) is 13.1. The third-order valence-corrected chi connectivity index (χ3v) is 2.23. The second-order valence-corrected chi connectivity index (χ2v) is 5.15. The van der Waals surface area contributed by atoms with Crippen LogP contribution in [0.25, 0.3) is 0 Å². The quantitative estimate of drug-likeness (QED) is 0.564. The summed E-state index contributed by atoms with van der Waals surface area (Å²) in [6.07, 6.45) is 0.0154. The average Bonchev–Trinajstić information content (AvgIpc) is 2.18. The van der Waals surface area contributed by atoms with Crippen LogP contribution in [0.5, 0.6) is 11.5 Å². The van der Waals surface area contributed by atoms with Crippen molar-refractivity contribution in [3.8, 4) is 11.5 Å². The zero-order valence-electron chi connectivity index (χ0n) is 10.8. The van der Waals surface area contributed by atoms with Gasteiger partial charge < -0.3 is 20.7 Å². The molecule has 5 heteroatoms. The minimum absolute atomic E-state index is 0.0154. The molecule has 0 fully saturated rings. The molecule has 0 radical (unpaired) electrons. The fraction of sp³-hybridized carbons (Fsp3) is 0.462. The van der Waals surface area contributed by atoms with Crippen LogP contribution >= 0.6 is 0 Å². The summed E-state index contributed by atoms with van der Waals surface area (Å²) in [6.45, 7) is 5.34. The Bertz CT molecular complexity index is 437. The Balaban J connectivity index is 2.68. The minimum atomic E-state index is -0.577. The summed E-state index contributed by atoms with van der Waals surface area (Å²) in [7, 11) is 0. The number of carbonyl (C=O) groups is 1. The summed E-state index contributed by atoms with van der Waals surface area (Å²) in [4.78, 5) is 11.6. The van der Waals surface area contributed by atoms with Gasteiger partial charge in [-0.15, -0.1) is 0 Å². The molecule has 0 aliphatic heterocycles. The standard InChI is InChI=1S/C13H19NO4/c1-13(2,3)18-12(17)7-9(14)8-4-5-10(15)11(16)6-8/h4-6,9,15-16H,7,14H2,1-3H3/t9-/m1/s1. The molecule has 0 amide bonds. The number of nitrogens with two attached hydrogens (primary N) is 1. The van der Waals surface area contributed by atoms with Crippen molar-refractivity contribution in [1.29, 1.82) is 0 Å². The van der Waals surface area contributed by atoms with E-state index in [1.54, 1.807) is 26.8 Å². The molecular weight excluding hydrogens is 234 g/mol. The van der Waals surface area contributed by atoms with Gasteiger partial charge in [0.25, 0.3) is 0 Å². The molecule has 1 aromatic carbocycles. The molecule has 0 spiro atoms. The second kappa shape index (κ2) is 5.27. The smallest absolute Gasteiger partial charge is 0.308 e. The summed E-state index contributed by atoms with van der Waals surface area (Å²) in [6, 6.07) is 3.65. The Morgan fingerprint density at radius 3 is 2.44 bits per heavy atom. The number of esters is 1. The number of phenols is 2. The predicted molar refractivity (Wildman–Crippen MR) is 67.2 cm³/mol. The molecule has 0 bridgehead atoms. The van der Waals surface area contributed by atoms with E-state index in [1.165, 1.54) is 12.1 Å². The predicted octanol–water partition coefficient (Wildman–Crippen LogP) is 1.83. The van der Waals surface area contributed by atoms with Crippen LogP contribution in [0.2, 0.25) is 0 Å². The number of hydrogen-bond acceptors (Lipinski definition) is 5. The molecule has 0 aliphatic carbocycles. The van der Waals surface area contributed by atoms with E-state index in [0.717, 1.165) is 0 Å². The molecule has 0 aliphatic rings. The van der Waals surface area contributed by atoms with Gasteiger partial charge in [-0.1, -0.05) is 6.07 Å². The lowest BCUT2D eigenvalue weighted by atomic mass is 10.0. The first-order chi connectivity index (χ1) is 8.19. The van der Waals surface area contributed by atoms with Crippen molar-refractivity contribution in [2.24, 2.45) is 5.73 Å². The van der Waals surface area contributed by atoms with Crippen molar-refractivity contribution in [3.05, 3.63) is 23.8 Å². The first kappa shape index (κ1) is 14.3. The van der Waals surface area contributed by atoms with E-state index in [-0.39, 0.29) is 17.9 Å². The lowest BCUT2D eigenvalue weighted by Gasteiger charge is -2.21. The van der Waals surface area contributed by atoms with Gasteiger partial charge in [-0.05, 0) is 38.5 Å². The van der Waals surface area contributed by atoms with Gasteiger partial charge in [0.05, 0.1) is 6.42 Å². The Morgan fingerprint density at radius 1 is 1.33 bits per heavy atom. The van der Waals surface area contributed by atoms with E-state index in [0.29, 0.717) is 5.56 Å². The van der Waals surface area contributed by atoms with Gasteiger partial charge in [0.1, 0.15) is 5.60 Å². The highest BCUT2D eigenvalue weighted by Gasteiger charge is 2.19. The molecule has 0 saturated carbocycles. The Morgan fingerprint density at radius 2 is 1.94 bits per heavy atom. The van der Waals surface area contributed by atoms with Crippen molar-refractivity contribution < 1.29 is 19.7 Å². The third kappa shape index (κ3) is 4.25. The van der Waals surface area contributed by atoms with Crippen LogP contribution in [-0.4, -0.2) is 21.8 Å². The maximum atomic E-state index is 11.6. The van der Waals surface area contributed by atoms with Gasteiger partial charge in [-0.25, -0.2) is 0 Å². The molecule has 100 valence electrons. The number of phenolic OH excluding ortho intramolecular Hbond substituents is 2. The minimum Gasteiger partial charge on any atom is -0.504 e. The third-order valence-electron chi connectivity index (χ3n) is 2.23. The maximum absolute atomic E-state index is 11.6. The van der Waals surface area contributed by atoms with Crippen LogP contribution in [0.1, 0.15) is 38.8 Å². The molecule has 0 heterocycles. The number of rotatable bonds is 3. The average molecular weight is 253 g/mol. The lowest BCUT2D eigenvalue weighted by Crippen LogP contribution is -2.26. The van der Waals surface area contributed by atoms with Gasteiger partial charge in [0, 0.05) is 6.04 Å². The largest absolute Gasteiger partial charge is 0.504 e. The molecule has 1 atom stereocenters.